The maximum atomic E-state index is 13.1. The molecule has 0 fully saturated rings. The van der Waals surface area contributed by atoms with Crippen LogP contribution in [0.4, 0.5) is 4.39 Å². The van der Waals surface area contributed by atoms with Crippen LogP contribution in [0.2, 0.25) is 0 Å². The molecule has 2 unspecified atom stereocenters. The van der Waals surface area contributed by atoms with E-state index in [1.807, 2.05) is 17.7 Å². The normalized spacial score (nSPS) is 13.6. The van der Waals surface area contributed by atoms with Crippen LogP contribution in [-0.4, -0.2) is 27.1 Å². The summed E-state index contributed by atoms with van der Waals surface area (Å²) in [7, 11) is 0. The number of imidazole rings is 1. The highest BCUT2D eigenvalue weighted by molar-refractivity contribution is 5.76. The van der Waals surface area contributed by atoms with Gasteiger partial charge in [-0.3, -0.25) is 4.79 Å². The lowest BCUT2D eigenvalue weighted by Crippen LogP contribution is -2.30. The van der Waals surface area contributed by atoms with Crippen molar-refractivity contribution in [2.75, 3.05) is 6.54 Å². The molecule has 22 heavy (non-hydrogen) atoms. The Balaban J connectivity index is 1.75. The van der Waals surface area contributed by atoms with Crippen LogP contribution in [-0.2, 0) is 11.3 Å². The number of nitrogens with zero attached hydrogens (tertiary/aromatic N) is 2. The molecule has 1 heterocycles. The standard InChI is InChI=1S/C16H20FN3O2/c1-12(10-20-6-5-18-11-20)9-19-16(22)8-15(21)13-3-2-4-14(17)7-13/h2-7,11-12,15,21H,8-10H2,1H3,(H,19,22). The van der Waals surface area contributed by atoms with Gasteiger partial charge in [0.25, 0.3) is 0 Å². The number of rotatable bonds is 7. The quantitative estimate of drug-likeness (QED) is 0.821. The Bertz CT molecular complexity index is 601. The largest absolute Gasteiger partial charge is 0.388 e. The fraction of sp³-hybridized carbons (Fsp3) is 0.375. The van der Waals surface area contributed by atoms with Gasteiger partial charge in [0, 0.05) is 25.5 Å². The molecule has 0 aliphatic heterocycles. The number of aliphatic hydroxyl groups is 1. The second-order valence-corrected chi connectivity index (χ2v) is 5.44. The van der Waals surface area contributed by atoms with Crippen LogP contribution in [0.25, 0.3) is 0 Å². The Hall–Kier alpha value is -2.21. The minimum Gasteiger partial charge on any atom is -0.388 e. The molecule has 2 aromatic rings. The van der Waals surface area contributed by atoms with Gasteiger partial charge in [-0.2, -0.15) is 0 Å². The highest BCUT2D eigenvalue weighted by Crippen LogP contribution is 2.17. The maximum Gasteiger partial charge on any atom is 0.222 e. The maximum absolute atomic E-state index is 13.1. The van der Waals surface area contributed by atoms with Gasteiger partial charge in [-0.1, -0.05) is 19.1 Å². The van der Waals surface area contributed by atoms with Crippen LogP contribution in [0, 0.1) is 11.7 Å². The first-order valence-corrected chi connectivity index (χ1v) is 7.20. The summed E-state index contributed by atoms with van der Waals surface area (Å²) in [5.41, 5.74) is 0.404. The van der Waals surface area contributed by atoms with Crippen LogP contribution in [0.3, 0.4) is 0 Å². The first-order valence-electron chi connectivity index (χ1n) is 7.20. The summed E-state index contributed by atoms with van der Waals surface area (Å²) in [5, 5.41) is 12.7. The number of amides is 1. The van der Waals surface area contributed by atoms with Crippen molar-refractivity contribution in [2.24, 2.45) is 5.92 Å². The van der Waals surface area contributed by atoms with Gasteiger partial charge in [0.05, 0.1) is 18.9 Å². The second kappa shape index (κ2) is 7.70. The summed E-state index contributed by atoms with van der Waals surface area (Å²) in [6.45, 7) is 3.28. The Morgan fingerprint density at radius 2 is 2.32 bits per heavy atom. The molecule has 0 radical (unpaired) electrons. The van der Waals surface area contributed by atoms with Crippen LogP contribution >= 0.6 is 0 Å². The van der Waals surface area contributed by atoms with E-state index in [4.69, 9.17) is 0 Å². The van der Waals surface area contributed by atoms with E-state index in [9.17, 15) is 14.3 Å². The molecular formula is C16H20FN3O2. The highest BCUT2D eigenvalue weighted by Gasteiger charge is 2.14. The number of aromatic nitrogens is 2. The van der Waals surface area contributed by atoms with Gasteiger partial charge in [0.15, 0.2) is 0 Å². The lowest BCUT2D eigenvalue weighted by atomic mass is 10.1. The zero-order valence-electron chi connectivity index (χ0n) is 12.4. The van der Waals surface area contributed by atoms with Crippen LogP contribution in [0.15, 0.2) is 43.0 Å². The summed E-state index contributed by atoms with van der Waals surface area (Å²) in [6, 6.07) is 5.65. The molecule has 2 atom stereocenters. The zero-order valence-corrected chi connectivity index (χ0v) is 12.4. The fourth-order valence-electron chi connectivity index (χ4n) is 2.19. The molecule has 6 heteroatoms. The number of halogens is 1. The zero-order chi connectivity index (χ0) is 15.9. The molecule has 0 saturated carbocycles. The van der Waals surface area contributed by atoms with E-state index in [1.54, 1.807) is 18.6 Å². The monoisotopic (exact) mass is 305 g/mol. The van der Waals surface area contributed by atoms with Crippen molar-refractivity contribution in [3.05, 3.63) is 54.4 Å². The fourth-order valence-corrected chi connectivity index (χ4v) is 2.19. The van der Waals surface area contributed by atoms with Crippen molar-refractivity contribution in [1.82, 2.24) is 14.9 Å². The van der Waals surface area contributed by atoms with Crippen molar-refractivity contribution in [1.29, 1.82) is 0 Å². The molecule has 0 spiro atoms. The van der Waals surface area contributed by atoms with Gasteiger partial charge in [0.2, 0.25) is 5.91 Å². The number of nitrogens with one attached hydrogen (secondary N) is 1. The van der Waals surface area contributed by atoms with Crippen molar-refractivity contribution >= 4 is 5.91 Å². The van der Waals surface area contributed by atoms with E-state index < -0.39 is 11.9 Å². The van der Waals surface area contributed by atoms with Crippen LogP contribution in [0.5, 0.6) is 0 Å². The number of carbonyl (C=O) groups excluding carboxylic acids is 1. The van der Waals surface area contributed by atoms with Gasteiger partial charge in [0.1, 0.15) is 5.82 Å². The van der Waals surface area contributed by atoms with Crippen LogP contribution < -0.4 is 5.32 Å². The second-order valence-electron chi connectivity index (χ2n) is 5.44. The summed E-state index contributed by atoms with van der Waals surface area (Å²) in [5.74, 6) is -0.440. The number of aliphatic hydroxyl groups excluding tert-OH is 1. The van der Waals surface area contributed by atoms with Gasteiger partial charge in [-0.25, -0.2) is 9.37 Å². The highest BCUT2D eigenvalue weighted by atomic mass is 19.1. The van der Waals surface area contributed by atoms with E-state index in [0.717, 1.165) is 6.54 Å². The van der Waals surface area contributed by atoms with E-state index >= 15 is 0 Å². The molecule has 0 saturated heterocycles. The number of benzene rings is 1. The predicted molar refractivity (Wildman–Crippen MR) is 80.4 cm³/mol. The molecule has 0 aliphatic rings. The first-order chi connectivity index (χ1) is 10.5. The van der Waals surface area contributed by atoms with Gasteiger partial charge >= 0.3 is 0 Å². The van der Waals surface area contributed by atoms with E-state index in [2.05, 4.69) is 10.3 Å². The van der Waals surface area contributed by atoms with Crippen molar-refractivity contribution in [2.45, 2.75) is 26.0 Å². The molecular weight excluding hydrogens is 285 g/mol. The summed E-state index contributed by atoms with van der Waals surface area (Å²) >= 11 is 0. The lowest BCUT2D eigenvalue weighted by Gasteiger charge is -2.15. The van der Waals surface area contributed by atoms with Crippen molar-refractivity contribution in [3.8, 4) is 0 Å². The Labute approximate surface area is 128 Å². The number of carbonyl (C=O) groups is 1. The third kappa shape index (κ3) is 4.96. The van der Waals surface area contributed by atoms with Gasteiger partial charge in [-0.15, -0.1) is 0 Å². The SMILES string of the molecule is CC(CNC(=O)CC(O)c1cccc(F)c1)Cn1ccnc1. The molecule has 1 aromatic carbocycles. The van der Waals surface area contributed by atoms with E-state index in [0.29, 0.717) is 12.1 Å². The molecule has 5 nitrogen and oxygen atoms in total. The first kappa shape index (κ1) is 16.2. The number of hydrogen-bond acceptors (Lipinski definition) is 3. The average Bonchev–Trinajstić information content (AvgIpc) is 2.98. The van der Waals surface area contributed by atoms with E-state index in [1.165, 1.54) is 18.2 Å². The summed E-state index contributed by atoms with van der Waals surface area (Å²) < 4.78 is 15.0. The molecule has 0 aliphatic carbocycles. The molecule has 0 bridgehead atoms. The van der Waals surface area contributed by atoms with E-state index in [-0.39, 0.29) is 18.2 Å². The average molecular weight is 305 g/mol. The molecule has 118 valence electrons. The molecule has 2 N–H and O–H groups in total. The Morgan fingerprint density at radius 3 is 3.00 bits per heavy atom. The smallest absolute Gasteiger partial charge is 0.222 e. The third-order valence-corrected chi connectivity index (χ3v) is 3.34. The van der Waals surface area contributed by atoms with Gasteiger partial charge < -0.3 is 15.0 Å². The number of hydrogen-bond donors (Lipinski definition) is 2. The van der Waals surface area contributed by atoms with Crippen molar-refractivity contribution < 1.29 is 14.3 Å². The molecule has 2 rings (SSSR count). The van der Waals surface area contributed by atoms with Gasteiger partial charge in [-0.05, 0) is 23.6 Å². The topological polar surface area (TPSA) is 67.2 Å². The van der Waals surface area contributed by atoms with Crippen molar-refractivity contribution in [3.63, 3.8) is 0 Å². The Morgan fingerprint density at radius 1 is 1.50 bits per heavy atom. The Kier molecular flexibility index (Phi) is 5.66. The molecule has 1 amide bonds. The third-order valence-electron chi connectivity index (χ3n) is 3.34. The summed E-state index contributed by atoms with van der Waals surface area (Å²) in [4.78, 5) is 15.8. The minimum absolute atomic E-state index is 0.0821. The minimum atomic E-state index is -1.00. The lowest BCUT2D eigenvalue weighted by molar-refractivity contribution is -0.123. The summed E-state index contributed by atoms with van der Waals surface area (Å²) in [6.07, 6.45) is 4.22. The van der Waals surface area contributed by atoms with Crippen LogP contribution in [0.1, 0.15) is 25.0 Å². The molecule has 1 aromatic heterocycles. The predicted octanol–water partition coefficient (Wildman–Crippen LogP) is 1.90.